The zero-order chi connectivity index (χ0) is 20.2. The molecule has 1 N–H and O–H groups in total. The summed E-state index contributed by atoms with van der Waals surface area (Å²) in [6.45, 7) is 2.19. The van der Waals surface area contributed by atoms with Gasteiger partial charge in [0.2, 0.25) is 0 Å². The highest BCUT2D eigenvalue weighted by Gasteiger charge is 2.18. The summed E-state index contributed by atoms with van der Waals surface area (Å²) in [4.78, 5) is 17.9. The SMILES string of the molecule is CCOc1ccccc1OCC(=O)Nc1c(-c2ccc(F)cc2)nc2sccn12. The van der Waals surface area contributed by atoms with Gasteiger partial charge in [0.25, 0.3) is 5.91 Å². The lowest BCUT2D eigenvalue weighted by Gasteiger charge is -2.12. The van der Waals surface area contributed by atoms with E-state index in [1.54, 1.807) is 28.7 Å². The molecule has 4 aromatic rings. The van der Waals surface area contributed by atoms with Crippen molar-refractivity contribution in [3.05, 3.63) is 65.9 Å². The van der Waals surface area contributed by atoms with Crippen LogP contribution in [0, 0.1) is 5.82 Å². The van der Waals surface area contributed by atoms with Crippen LogP contribution in [0.4, 0.5) is 10.2 Å². The van der Waals surface area contributed by atoms with Gasteiger partial charge in [-0.25, -0.2) is 9.37 Å². The zero-order valence-electron chi connectivity index (χ0n) is 15.6. The highest BCUT2D eigenvalue weighted by molar-refractivity contribution is 7.15. The number of imidazole rings is 1. The largest absolute Gasteiger partial charge is 0.490 e. The molecule has 0 atom stereocenters. The molecule has 0 aliphatic heterocycles. The Bertz CT molecular complexity index is 1140. The van der Waals surface area contributed by atoms with Crippen LogP contribution in [0.3, 0.4) is 0 Å². The van der Waals surface area contributed by atoms with E-state index >= 15 is 0 Å². The molecular weight excluding hydrogens is 393 g/mol. The Morgan fingerprint density at radius 2 is 1.86 bits per heavy atom. The number of rotatable bonds is 7. The lowest BCUT2D eigenvalue weighted by Crippen LogP contribution is -2.21. The third-order valence-electron chi connectivity index (χ3n) is 4.15. The van der Waals surface area contributed by atoms with Gasteiger partial charge in [0, 0.05) is 17.1 Å². The second-order valence-corrected chi connectivity index (χ2v) is 6.96. The molecule has 0 radical (unpaired) electrons. The molecule has 8 heteroatoms. The predicted molar refractivity (Wildman–Crippen MR) is 110 cm³/mol. The molecule has 29 heavy (non-hydrogen) atoms. The molecule has 0 aliphatic rings. The van der Waals surface area contributed by atoms with E-state index in [0.717, 1.165) is 4.96 Å². The average Bonchev–Trinajstić information content (AvgIpc) is 3.31. The number of benzene rings is 2. The lowest BCUT2D eigenvalue weighted by molar-refractivity contribution is -0.118. The molecule has 2 aromatic heterocycles. The van der Waals surface area contributed by atoms with Gasteiger partial charge in [-0.3, -0.25) is 9.20 Å². The van der Waals surface area contributed by atoms with Crippen LogP contribution in [-0.4, -0.2) is 28.5 Å². The molecule has 148 valence electrons. The van der Waals surface area contributed by atoms with Crippen molar-refractivity contribution in [1.82, 2.24) is 9.38 Å². The Morgan fingerprint density at radius 3 is 2.59 bits per heavy atom. The van der Waals surface area contributed by atoms with Gasteiger partial charge in [-0.1, -0.05) is 12.1 Å². The minimum Gasteiger partial charge on any atom is -0.490 e. The van der Waals surface area contributed by atoms with Gasteiger partial charge in [0.05, 0.1) is 6.61 Å². The van der Waals surface area contributed by atoms with Crippen LogP contribution >= 0.6 is 11.3 Å². The molecule has 2 heterocycles. The minimum atomic E-state index is -0.340. The normalized spacial score (nSPS) is 10.8. The van der Waals surface area contributed by atoms with E-state index in [1.165, 1.54) is 23.5 Å². The topological polar surface area (TPSA) is 64.9 Å². The number of fused-ring (bicyclic) bond motifs is 1. The van der Waals surface area contributed by atoms with Crippen LogP contribution in [-0.2, 0) is 4.79 Å². The number of ether oxygens (including phenoxy) is 2. The number of halogens is 1. The number of carbonyl (C=O) groups is 1. The highest BCUT2D eigenvalue weighted by atomic mass is 32.1. The summed E-state index contributed by atoms with van der Waals surface area (Å²) in [5.74, 6) is 0.922. The molecule has 0 saturated carbocycles. The van der Waals surface area contributed by atoms with Gasteiger partial charge in [0.1, 0.15) is 17.3 Å². The lowest BCUT2D eigenvalue weighted by atomic mass is 10.1. The molecule has 2 aromatic carbocycles. The van der Waals surface area contributed by atoms with Crippen molar-refractivity contribution in [3.8, 4) is 22.8 Å². The van der Waals surface area contributed by atoms with Crippen molar-refractivity contribution in [3.63, 3.8) is 0 Å². The number of nitrogens with one attached hydrogen (secondary N) is 1. The maximum absolute atomic E-state index is 13.3. The van der Waals surface area contributed by atoms with Gasteiger partial charge in [0.15, 0.2) is 23.1 Å². The molecular formula is C21H18FN3O3S. The molecule has 0 fully saturated rings. The zero-order valence-corrected chi connectivity index (χ0v) is 16.4. The fraction of sp³-hybridized carbons (Fsp3) is 0.143. The van der Waals surface area contributed by atoms with Crippen molar-refractivity contribution in [2.45, 2.75) is 6.92 Å². The number of aromatic nitrogens is 2. The summed E-state index contributed by atoms with van der Waals surface area (Å²) in [5.41, 5.74) is 1.28. The molecule has 4 rings (SSSR count). The molecule has 0 spiro atoms. The van der Waals surface area contributed by atoms with E-state index in [0.29, 0.717) is 35.2 Å². The third kappa shape index (κ3) is 4.07. The van der Waals surface area contributed by atoms with Crippen LogP contribution < -0.4 is 14.8 Å². The standard InChI is InChI=1S/C21H18FN3O3S/c1-2-27-16-5-3-4-6-17(16)28-13-18(26)23-20-19(14-7-9-15(22)10-8-14)24-21-25(20)11-12-29-21/h3-12H,2,13H2,1H3,(H,23,26). The van der Waals surface area contributed by atoms with Crippen LogP contribution in [0.25, 0.3) is 16.2 Å². The molecule has 6 nitrogen and oxygen atoms in total. The van der Waals surface area contributed by atoms with E-state index < -0.39 is 0 Å². The Balaban J connectivity index is 1.54. The Labute approximate surface area is 170 Å². The summed E-state index contributed by atoms with van der Waals surface area (Å²) >= 11 is 1.44. The first-order valence-corrected chi connectivity index (χ1v) is 9.89. The van der Waals surface area contributed by atoms with Crippen molar-refractivity contribution < 1.29 is 18.7 Å². The number of carbonyl (C=O) groups excluding carboxylic acids is 1. The number of thiazole rings is 1. The van der Waals surface area contributed by atoms with Gasteiger partial charge < -0.3 is 14.8 Å². The van der Waals surface area contributed by atoms with Crippen LogP contribution in [0.1, 0.15) is 6.92 Å². The Kier molecular flexibility index (Phi) is 5.44. The van der Waals surface area contributed by atoms with Crippen molar-refractivity contribution >= 4 is 28.0 Å². The fourth-order valence-electron chi connectivity index (χ4n) is 2.87. The number of amides is 1. The molecule has 0 bridgehead atoms. The first-order chi connectivity index (χ1) is 14.2. The number of anilines is 1. The number of hydrogen-bond acceptors (Lipinski definition) is 5. The van der Waals surface area contributed by atoms with Gasteiger partial charge in [-0.05, 0) is 43.3 Å². The average molecular weight is 411 g/mol. The van der Waals surface area contributed by atoms with E-state index in [1.807, 2.05) is 30.6 Å². The fourth-order valence-corrected chi connectivity index (χ4v) is 3.58. The van der Waals surface area contributed by atoms with E-state index in [4.69, 9.17) is 9.47 Å². The third-order valence-corrected chi connectivity index (χ3v) is 4.90. The monoisotopic (exact) mass is 411 g/mol. The number of para-hydroxylation sites is 2. The first-order valence-electron chi connectivity index (χ1n) is 9.01. The molecule has 0 saturated heterocycles. The van der Waals surface area contributed by atoms with Crippen molar-refractivity contribution in [1.29, 1.82) is 0 Å². The summed E-state index contributed by atoms with van der Waals surface area (Å²) < 4.78 is 26.2. The van der Waals surface area contributed by atoms with Crippen molar-refractivity contribution in [2.24, 2.45) is 0 Å². The molecule has 0 aliphatic carbocycles. The van der Waals surface area contributed by atoms with Crippen LogP contribution in [0.2, 0.25) is 0 Å². The predicted octanol–water partition coefficient (Wildman–Crippen LogP) is 4.62. The smallest absolute Gasteiger partial charge is 0.263 e. The van der Waals surface area contributed by atoms with Crippen LogP contribution in [0.15, 0.2) is 60.1 Å². The number of nitrogens with zero attached hydrogens (tertiary/aromatic N) is 2. The Morgan fingerprint density at radius 1 is 1.14 bits per heavy atom. The van der Waals surface area contributed by atoms with Crippen LogP contribution in [0.5, 0.6) is 11.5 Å². The highest BCUT2D eigenvalue weighted by Crippen LogP contribution is 2.31. The second kappa shape index (κ2) is 8.32. The van der Waals surface area contributed by atoms with Gasteiger partial charge in [-0.15, -0.1) is 11.3 Å². The summed E-state index contributed by atoms with van der Waals surface area (Å²) in [6.07, 6.45) is 1.82. The molecule has 1 amide bonds. The summed E-state index contributed by atoms with van der Waals surface area (Å²) in [5, 5.41) is 4.74. The summed E-state index contributed by atoms with van der Waals surface area (Å²) in [6, 6.07) is 13.2. The number of hydrogen-bond donors (Lipinski definition) is 1. The molecule has 0 unspecified atom stereocenters. The van der Waals surface area contributed by atoms with Crippen molar-refractivity contribution in [2.75, 3.05) is 18.5 Å². The quantitative estimate of drug-likeness (QED) is 0.482. The second-order valence-electron chi connectivity index (χ2n) is 6.09. The minimum absolute atomic E-state index is 0.190. The van der Waals surface area contributed by atoms with E-state index in [-0.39, 0.29) is 18.3 Å². The van der Waals surface area contributed by atoms with E-state index in [2.05, 4.69) is 10.3 Å². The van der Waals surface area contributed by atoms with Gasteiger partial charge >= 0.3 is 0 Å². The Hall–Kier alpha value is -3.39. The summed E-state index contributed by atoms with van der Waals surface area (Å²) in [7, 11) is 0. The van der Waals surface area contributed by atoms with E-state index in [9.17, 15) is 9.18 Å². The maximum Gasteiger partial charge on any atom is 0.263 e. The first kappa shape index (κ1) is 18.9. The maximum atomic E-state index is 13.3. The van der Waals surface area contributed by atoms with Gasteiger partial charge in [-0.2, -0.15) is 0 Å².